The maximum atomic E-state index is 12.3. The van der Waals surface area contributed by atoms with Gasteiger partial charge >= 0.3 is 10.4 Å². The number of nitrogen functional groups attached to an aromatic ring is 1. The zero-order valence-electron chi connectivity index (χ0n) is 19.4. The maximum Gasteiger partial charge on any atom is 0.397 e. The Bertz CT molecular complexity index is 1230. The van der Waals surface area contributed by atoms with Crippen LogP contribution in [0, 0.1) is 0 Å². The number of anilines is 2. The van der Waals surface area contributed by atoms with Gasteiger partial charge in [0.1, 0.15) is 5.69 Å². The molecule has 2 aromatic rings. The summed E-state index contributed by atoms with van der Waals surface area (Å²) in [6.07, 6.45) is 0. The van der Waals surface area contributed by atoms with Crippen molar-refractivity contribution < 1.29 is 54.8 Å². The van der Waals surface area contributed by atoms with Gasteiger partial charge in [0.2, 0.25) is 0 Å². The fraction of sp³-hybridized carbons (Fsp3) is 0.333. The Balaban J connectivity index is 2.06. The lowest BCUT2D eigenvalue weighted by molar-refractivity contribution is -0.432. The molecule has 0 aliphatic rings. The number of hydrogen-bond acceptors (Lipinski definition) is 17. The first-order chi connectivity index (χ1) is 18.1. The largest absolute Gasteiger partial charge is 0.397 e. The first-order valence-corrected chi connectivity index (χ1v) is 15.1. The molecule has 0 aliphatic carbocycles. The fourth-order valence-corrected chi connectivity index (χ4v) is 5.10. The lowest BCUT2D eigenvalue weighted by Gasteiger charge is -2.24. The Labute approximate surface area is 226 Å². The van der Waals surface area contributed by atoms with Gasteiger partial charge in [-0.2, -0.15) is 13.5 Å². The number of azo groups is 1. The van der Waals surface area contributed by atoms with E-state index < -0.39 is 32.6 Å². The van der Waals surface area contributed by atoms with E-state index in [4.69, 9.17) is 20.8 Å². The van der Waals surface area contributed by atoms with E-state index in [1.165, 1.54) is 24.3 Å². The monoisotopic (exact) mass is 616 g/mol. The molecule has 0 heterocycles. The Morgan fingerprint density at radius 1 is 0.895 bits per heavy atom. The number of benzene rings is 2. The fourth-order valence-electron chi connectivity index (χ4n) is 2.80. The molecule has 0 saturated carbocycles. The van der Waals surface area contributed by atoms with Crippen LogP contribution in [0.5, 0.6) is 0 Å². The second kappa shape index (κ2) is 16.1. The van der Waals surface area contributed by atoms with E-state index >= 15 is 0 Å². The topological polar surface area (TPSA) is 229 Å². The molecular weight excluding hydrogens is 592 g/mol. The van der Waals surface area contributed by atoms with Gasteiger partial charge in [0.15, 0.2) is 9.84 Å². The zero-order valence-corrected chi connectivity index (χ0v) is 22.6. The van der Waals surface area contributed by atoms with Crippen molar-refractivity contribution in [3.63, 3.8) is 0 Å². The van der Waals surface area contributed by atoms with Gasteiger partial charge in [-0.15, -0.1) is 13.8 Å². The highest BCUT2D eigenvalue weighted by atomic mass is 32.3. The molecule has 0 fully saturated rings. The number of rotatable bonds is 18. The molecule has 2 aromatic carbocycles. The second-order valence-corrected chi connectivity index (χ2v) is 11.7. The maximum absolute atomic E-state index is 12.3. The van der Waals surface area contributed by atoms with E-state index in [9.17, 15) is 16.8 Å². The van der Waals surface area contributed by atoms with Crippen molar-refractivity contribution in [2.24, 2.45) is 10.2 Å². The third-order valence-electron chi connectivity index (χ3n) is 4.48. The van der Waals surface area contributed by atoms with Crippen LogP contribution >= 0.6 is 24.1 Å². The molecule has 16 nitrogen and oxygen atoms in total. The highest BCUT2D eigenvalue weighted by molar-refractivity contribution is 7.94. The third-order valence-corrected chi connectivity index (χ3v) is 7.65. The molecule has 0 amide bonds. The molecule has 212 valence electrons. The SMILES string of the molecule is Nc1cc(N(CCSOOO)CCSOOO)ccc1N=Nc1ccc(S(=O)(=O)CCOS(=O)(=O)O)cc1. The molecule has 0 unspecified atom stereocenters. The predicted molar refractivity (Wildman–Crippen MR) is 138 cm³/mol. The van der Waals surface area contributed by atoms with Crippen LogP contribution in [0.4, 0.5) is 22.7 Å². The van der Waals surface area contributed by atoms with Gasteiger partial charge < -0.3 is 10.6 Å². The summed E-state index contributed by atoms with van der Waals surface area (Å²) in [5.74, 6) is 0.182. The van der Waals surface area contributed by atoms with Crippen LogP contribution in [0.2, 0.25) is 0 Å². The summed E-state index contributed by atoms with van der Waals surface area (Å²) in [7, 11) is -8.60. The van der Waals surface area contributed by atoms with Gasteiger partial charge in [-0.3, -0.25) is 4.55 Å². The third kappa shape index (κ3) is 11.8. The standard InChI is InChI=1S/C18H24N4O12S4/c19-17-13-15(22(7-10-35-33-31-23)8-11-36-34-32-24)3-6-18(17)21-20-14-1-4-16(5-2-14)37(25,26)12-9-30-38(27,28)29/h1-6,13,23-24H,7-12,19H2,(H,27,28,29). The van der Waals surface area contributed by atoms with Crippen LogP contribution in [0.15, 0.2) is 57.6 Å². The van der Waals surface area contributed by atoms with E-state index in [2.05, 4.69) is 33.2 Å². The lowest BCUT2D eigenvalue weighted by atomic mass is 10.2. The quantitative estimate of drug-likeness (QED) is 0.0358. The highest BCUT2D eigenvalue weighted by Crippen LogP contribution is 2.30. The summed E-state index contributed by atoms with van der Waals surface area (Å²) >= 11 is 1.76. The molecule has 2 rings (SSSR count). The predicted octanol–water partition coefficient (Wildman–Crippen LogP) is 3.22. The number of hydrogen-bond donors (Lipinski definition) is 4. The van der Waals surface area contributed by atoms with Gasteiger partial charge in [-0.05, 0) is 42.5 Å². The number of sulfone groups is 1. The van der Waals surface area contributed by atoms with Crippen molar-refractivity contribution in [1.82, 2.24) is 0 Å². The molecule has 5 N–H and O–H groups in total. The van der Waals surface area contributed by atoms with Crippen LogP contribution in [0.25, 0.3) is 0 Å². The minimum atomic E-state index is -4.74. The normalized spacial score (nSPS) is 12.3. The molecule has 0 saturated heterocycles. The summed E-state index contributed by atoms with van der Waals surface area (Å²) < 4.78 is 67.0. The summed E-state index contributed by atoms with van der Waals surface area (Å²) in [6, 6.07) is 10.4. The smallest absolute Gasteiger partial charge is 0.397 e. The van der Waals surface area contributed by atoms with Gasteiger partial charge in [-0.25, -0.2) is 23.1 Å². The minimum absolute atomic E-state index is 0.0948. The average Bonchev–Trinajstić information content (AvgIpc) is 2.86. The van der Waals surface area contributed by atoms with Crippen molar-refractivity contribution in [1.29, 1.82) is 0 Å². The Hall–Kier alpha value is -2.08. The summed E-state index contributed by atoms with van der Waals surface area (Å²) in [5.41, 5.74) is 7.85. The van der Waals surface area contributed by atoms with Crippen LogP contribution in [-0.4, -0.2) is 68.9 Å². The van der Waals surface area contributed by atoms with Gasteiger partial charge in [-0.1, -0.05) is 10.1 Å². The summed E-state index contributed by atoms with van der Waals surface area (Å²) in [5, 5.41) is 31.8. The first-order valence-electron chi connectivity index (χ1n) is 10.3. The highest BCUT2D eigenvalue weighted by Gasteiger charge is 2.16. The van der Waals surface area contributed by atoms with Gasteiger partial charge in [0.05, 0.1) is 28.6 Å². The summed E-state index contributed by atoms with van der Waals surface area (Å²) in [4.78, 5) is 1.82. The number of nitrogens with zero attached hydrogens (tertiary/aromatic N) is 3. The summed E-state index contributed by atoms with van der Waals surface area (Å²) in [6.45, 7) is 0.195. The molecule has 0 bridgehead atoms. The minimum Gasteiger partial charge on any atom is -0.397 e. The van der Waals surface area contributed by atoms with E-state index in [1.54, 1.807) is 18.2 Å². The van der Waals surface area contributed by atoms with Crippen LogP contribution in [-0.2, 0) is 43.2 Å². The molecular formula is C18H24N4O12S4. The Morgan fingerprint density at radius 2 is 1.50 bits per heavy atom. The Kier molecular flexibility index (Phi) is 13.6. The van der Waals surface area contributed by atoms with Crippen LogP contribution in [0.3, 0.4) is 0 Å². The number of nitrogens with two attached hydrogens (primary N) is 1. The molecule has 0 atom stereocenters. The molecule has 0 aliphatic heterocycles. The van der Waals surface area contributed by atoms with Crippen LogP contribution < -0.4 is 10.6 Å². The van der Waals surface area contributed by atoms with Gasteiger partial charge in [0, 0.05) is 54.4 Å². The van der Waals surface area contributed by atoms with Crippen molar-refractivity contribution >= 4 is 67.1 Å². The average molecular weight is 617 g/mol. The molecule has 0 spiro atoms. The van der Waals surface area contributed by atoms with E-state index in [1.807, 2.05) is 4.90 Å². The molecule has 20 heteroatoms. The van der Waals surface area contributed by atoms with Crippen molar-refractivity contribution in [3.05, 3.63) is 42.5 Å². The second-order valence-electron chi connectivity index (χ2n) is 6.92. The van der Waals surface area contributed by atoms with Crippen molar-refractivity contribution in [2.75, 3.05) is 47.6 Å². The lowest BCUT2D eigenvalue weighted by Crippen LogP contribution is -2.28. The van der Waals surface area contributed by atoms with Crippen molar-refractivity contribution in [3.8, 4) is 0 Å². The van der Waals surface area contributed by atoms with Crippen molar-refractivity contribution in [2.45, 2.75) is 4.90 Å². The van der Waals surface area contributed by atoms with Crippen LogP contribution in [0.1, 0.15) is 0 Å². The molecule has 0 radical (unpaired) electrons. The van der Waals surface area contributed by atoms with E-state index in [0.717, 1.165) is 29.8 Å². The zero-order chi connectivity index (χ0) is 28.0. The molecule has 38 heavy (non-hydrogen) atoms. The first kappa shape index (κ1) is 32.1. The van der Waals surface area contributed by atoms with E-state index in [0.29, 0.717) is 41.7 Å². The van der Waals surface area contributed by atoms with Gasteiger partial charge in [0.25, 0.3) is 0 Å². The molecule has 0 aromatic heterocycles. The Morgan fingerprint density at radius 3 is 2.03 bits per heavy atom. The van der Waals surface area contributed by atoms with E-state index in [-0.39, 0.29) is 4.90 Å².